The number of hydrogen-bond donors (Lipinski definition) is 2. The van der Waals surface area contributed by atoms with Gasteiger partial charge in [0, 0.05) is 11.3 Å². The second kappa shape index (κ2) is 13.6. The normalized spacial score (nSPS) is 10.3. The van der Waals surface area contributed by atoms with Crippen LogP contribution in [0.4, 0.5) is 5.69 Å². The lowest BCUT2D eigenvalue weighted by Crippen LogP contribution is -2.34. The highest BCUT2D eigenvalue weighted by molar-refractivity contribution is 7.80. The van der Waals surface area contributed by atoms with Crippen LogP contribution < -0.4 is 20.1 Å². The quantitative estimate of drug-likeness (QED) is 0.323. The van der Waals surface area contributed by atoms with E-state index in [2.05, 4.69) is 17.6 Å². The third kappa shape index (κ3) is 8.82. The Bertz CT molecular complexity index is 793. The predicted octanol–water partition coefficient (Wildman–Crippen LogP) is 5.95. The van der Waals surface area contributed by atoms with Gasteiger partial charge in [0.1, 0.15) is 11.5 Å². The Morgan fingerprint density at radius 1 is 0.867 bits per heavy atom. The molecule has 2 rings (SSSR count). The number of nitrogens with one attached hydrogen (secondary N) is 2. The number of benzene rings is 2. The standard InChI is InChI=1S/C24H32N2O3S/c1-3-5-6-7-8-17-29-21-14-12-20(13-15-21)25-24(30)26-23(27)19-10-9-11-22(18-19)28-16-4-2/h9-15,18H,3-8,16-17H2,1-2H3,(H2,25,26,27,30). The van der Waals surface area contributed by atoms with Crippen LogP contribution in [0.25, 0.3) is 0 Å². The molecule has 1 amide bonds. The van der Waals surface area contributed by atoms with Gasteiger partial charge in [0.05, 0.1) is 13.2 Å². The largest absolute Gasteiger partial charge is 0.494 e. The smallest absolute Gasteiger partial charge is 0.257 e. The van der Waals surface area contributed by atoms with Crippen LogP contribution in [0, 0.1) is 0 Å². The first-order valence-electron chi connectivity index (χ1n) is 10.7. The van der Waals surface area contributed by atoms with Crippen LogP contribution in [0.3, 0.4) is 0 Å². The first-order valence-corrected chi connectivity index (χ1v) is 11.1. The average molecular weight is 429 g/mol. The molecule has 0 aliphatic rings. The molecule has 0 unspecified atom stereocenters. The molecule has 0 atom stereocenters. The molecule has 0 saturated carbocycles. The summed E-state index contributed by atoms with van der Waals surface area (Å²) in [6, 6.07) is 14.6. The summed E-state index contributed by atoms with van der Waals surface area (Å²) in [5.41, 5.74) is 1.28. The number of carbonyl (C=O) groups excluding carboxylic acids is 1. The van der Waals surface area contributed by atoms with Crippen molar-refractivity contribution in [3.8, 4) is 11.5 Å². The number of carbonyl (C=O) groups is 1. The monoisotopic (exact) mass is 428 g/mol. The summed E-state index contributed by atoms with van der Waals surface area (Å²) in [5, 5.41) is 5.96. The summed E-state index contributed by atoms with van der Waals surface area (Å²) in [6.07, 6.45) is 6.98. The molecule has 0 fully saturated rings. The molecule has 5 nitrogen and oxygen atoms in total. The van der Waals surface area contributed by atoms with Gasteiger partial charge in [0.15, 0.2) is 5.11 Å². The minimum atomic E-state index is -0.280. The Morgan fingerprint density at radius 2 is 1.60 bits per heavy atom. The van der Waals surface area contributed by atoms with Crippen molar-refractivity contribution in [2.75, 3.05) is 18.5 Å². The van der Waals surface area contributed by atoms with Crippen molar-refractivity contribution in [3.05, 3.63) is 54.1 Å². The summed E-state index contributed by atoms with van der Waals surface area (Å²) in [4.78, 5) is 12.4. The molecule has 0 heterocycles. The fourth-order valence-electron chi connectivity index (χ4n) is 2.81. The lowest BCUT2D eigenvalue weighted by Gasteiger charge is -2.11. The Hall–Kier alpha value is -2.60. The van der Waals surface area contributed by atoms with Crippen LogP contribution in [-0.4, -0.2) is 24.2 Å². The molecule has 2 aromatic rings. The second-order valence-electron chi connectivity index (χ2n) is 7.07. The molecule has 2 N–H and O–H groups in total. The number of rotatable bonds is 12. The van der Waals surface area contributed by atoms with Gasteiger partial charge in [0.25, 0.3) is 5.91 Å². The topological polar surface area (TPSA) is 59.6 Å². The first kappa shape index (κ1) is 23.7. The number of amides is 1. The average Bonchev–Trinajstić information content (AvgIpc) is 2.76. The van der Waals surface area contributed by atoms with Gasteiger partial charge in [0.2, 0.25) is 0 Å². The summed E-state index contributed by atoms with van der Waals surface area (Å²) in [5.74, 6) is 1.22. The van der Waals surface area contributed by atoms with Gasteiger partial charge in [-0.25, -0.2) is 0 Å². The molecular weight excluding hydrogens is 396 g/mol. The van der Waals surface area contributed by atoms with E-state index >= 15 is 0 Å². The van der Waals surface area contributed by atoms with Gasteiger partial charge in [-0.15, -0.1) is 0 Å². The van der Waals surface area contributed by atoms with E-state index in [0.717, 1.165) is 30.9 Å². The number of unbranched alkanes of at least 4 members (excludes halogenated alkanes) is 4. The summed E-state index contributed by atoms with van der Waals surface area (Å²) < 4.78 is 11.3. The predicted molar refractivity (Wildman–Crippen MR) is 127 cm³/mol. The molecule has 6 heteroatoms. The van der Waals surface area contributed by atoms with Crippen LogP contribution in [-0.2, 0) is 0 Å². The van der Waals surface area contributed by atoms with E-state index in [4.69, 9.17) is 21.7 Å². The zero-order valence-electron chi connectivity index (χ0n) is 17.9. The molecule has 0 aliphatic carbocycles. The molecule has 0 bridgehead atoms. The van der Waals surface area contributed by atoms with E-state index in [1.807, 2.05) is 37.3 Å². The Balaban J connectivity index is 1.77. The zero-order valence-corrected chi connectivity index (χ0v) is 18.7. The van der Waals surface area contributed by atoms with Crippen molar-refractivity contribution in [2.24, 2.45) is 0 Å². The van der Waals surface area contributed by atoms with Crippen LogP contribution in [0.5, 0.6) is 11.5 Å². The molecule has 0 spiro atoms. The maximum Gasteiger partial charge on any atom is 0.257 e. The van der Waals surface area contributed by atoms with Crippen LogP contribution in [0.15, 0.2) is 48.5 Å². The molecule has 0 saturated heterocycles. The first-order chi connectivity index (χ1) is 14.6. The number of ether oxygens (including phenoxy) is 2. The third-order valence-electron chi connectivity index (χ3n) is 4.42. The maximum absolute atomic E-state index is 12.4. The Kier molecular flexibility index (Phi) is 10.7. The van der Waals surface area contributed by atoms with E-state index in [1.165, 1.54) is 25.7 Å². The Labute approximate surface area is 185 Å². The Morgan fingerprint density at radius 3 is 2.33 bits per heavy atom. The molecule has 30 heavy (non-hydrogen) atoms. The van der Waals surface area contributed by atoms with Gasteiger partial charge in [-0.2, -0.15) is 0 Å². The van der Waals surface area contributed by atoms with E-state index in [-0.39, 0.29) is 11.0 Å². The van der Waals surface area contributed by atoms with E-state index in [9.17, 15) is 4.79 Å². The van der Waals surface area contributed by atoms with Crippen molar-refractivity contribution < 1.29 is 14.3 Å². The lowest BCUT2D eigenvalue weighted by molar-refractivity contribution is 0.0977. The maximum atomic E-state index is 12.4. The van der Waals surface area contributed by atoms with Gasteiger partial charge in [-0.1, -0.05) is 45.6 Å². The van der Waals surface area contributed by atoms with Crippen molar-refractivity contribution in [2.45, 2.75) is 52.4 Å². The molecule has 162 valence electrons. The van der Waals surface area contributed by atoms with Crippen molar-refractivity contribution in [1.29, 1.82) is 0 Å². The molecular formula is C24H32N2O3S. The number of thiocarbonyl (C=S) groups is 1. The van der Waals surface area contributed by atoms with Gasteiger partial charge >= 0.3 is 0 Å². The summed E-state index contributed by atoms with van der Waals surface area (Å²) in [7, 11) is 0. The van der Waals surface area contributed by atoms with E-state index in [1.54, 1.807) is 18.2 Å². The van der Waals surface area contributed by atoms with Gasteiger partial charge < -0.3 is 14.8 Å². The molecule has 2 aromatic carbocycles. The van der Waals surface area contributed by atoms with Crippen molar-refractivity contribution >= 4 is 28.9 Å². The SMILES string of the molecule is CCCCCCCOc1ccc(NC(=S)NC(=O)c2cccc(OCCC)c2)cc1. The van der Waals surface area contributed by atoms with Crippen LogP contribution >= 0.6 is 12.2 Å². The fourth-order valence-corrected chi connectivity index (χ4v) is 3.03. The second-order valence-corrected chi connectivity index (χ2v) is 7.48. The highest BCUT2D eigenvalue weighted by atomic mass is 32.1. The number of anilines is 1. The molecule has 0 aromatic heterocycles. The minimum absolute atomic E-state index is 0.240. The van der Waals surface area contributed by atoms with Crippen molar-refractivity contribution in [1.82, 2.24) is 5.32 Å². The highest BCUT2D eigenvalue weighted by Gasteiger charge is 2.09. The number of hydrogen-bond acceptors (Lipinski definition) is 4. The lowest BCUT2D eigenvalue weighted by atomic mass is 10.2. The molecule has 0 aliphatic heterocycles. The van der Waals surface area contributed by atoms with E-state index in [0.29, 0.717) is 17.9 Å². The third-order valence-corrected chi connectivity index (χ3v) is 4.63. The van der Waals surface area contributed by atoms with E-state index < -0.39 is 0 Å². The fraction of sp³-hybridized carbons (Fsp3) is 0.417. The zero-order chi connectivity index (χ0) is 21.6. The van der Waals surface area contributed by atoms with Crippen LogP contribution in [0.2, 0.25) is 0 Å². The van der Waals surface area contributed by atoms with Crippen LogP contribution in [0.1, 0.15) is 62.7 Å². The van der Waals surface area contributed by atoms with Gasteiger partial charge in [-0.05, 0) is 67.5 Å². The molecule has 0 radical (unpaired) electrons. The minimum Gasteiger partial charge on any atom is -0.494 e. The van der Waals surface area contributed by atoms with Crippen molar-refractivity contribution in [3.63, 3.8) is 0 Å². The highest BCUT2D eigenvalue weighted by Crippen LogP contribution is 2.17. The summed E-state index contributed by atoms with van der Waals surface area (Å²) in [6.45, 7) is 5.59. The van der Waals surface area contributed by atoms with Gasteiger partial charge in [-0.3, -0.25) is 10.1 Å². The summed E-state index contributed by atoms with van der Waals surface area (Å²) >= 11 is 5.26.